The smallest absolute Gasteiger partial charge is 0.223 e. The molecular formula is C17H24N2O. The number of carbonyl (C=O) groups is 1. The van der Waals surface area contributed by atoms with Crippen molar-refractivity contribution in [3.05, 3.63) is 23.8 Å². The van der Waals surface area contributed by atoms with Crippen LogP contribution < -0.4 is 10.2 Å². The van der Waals surface area contributed by atoms with Crippen LogP contribution in [0.25, 0.3) is 0 Å². The van der Waals surface area contributed by atoms with Crippen molar-refractivity contribution in [2.24, 2.45) is 5.92 Å². The number of fused-ring (bicyclic) bond motifs is 1. The SMILES string of the molecule is CC(=O)N1CCc2cc(NC3CCC(C)CC3)ccc21. The lowest BCUT2D eigenvalue weighted by atomic mass is 9.87. The van der Waals surface area contributed by atoms with Crippen LogP contribution in [0.15, 0.2) is 18.2 Å². The molecule has 1 N–H and O–H groups in total. The third-order valence-corrected chi connectivity index (χ3v) is 4.74. The molecule has 0 atom stereocenters. The number of anilines is 2. The van der Waals surface area contributed by atoms with Crippen LogP contribution in [0, 0.1) is 5.92 Å². The second-order valence-electron chi connectivity index (χ2n) is 6.37. The topological polar surface area (TPSA) is 32.3 Å². The van der Waals surface area contributed by atoms with Gasteiger partial charge in [0.25, 0.3) is 0 Å². The fourth-order valence-electron chi connectivity index (χ4n) is 3.46. The number of hydrogen-bond acceptors (Lipinski definition) is 2. The molecule has 1 aromatic rings. The average Bonchev–Trinajstić information content (AvgIpc) is 2.84. The Bertz CT molecular complexity index is 504. The zero-order chi connectivity index (χ0) is 14.1. The highest BCUT2D eigenvalue weighted by Gasteiger charge is 2.23. The van der Waals surface area contributed by atoms with Crippen molar-refractivity contribution in [1.29, 1.82) is 0 Å². The van der Waals surface area contributed by atoms with Crippen LogP contribution >= 0.6 is 0 Å². The quantitative estimate of drug-likeness (QED) is 0.892. The molecule has 20 heavy (non-hydrogen) atoms. The molecule has 0 unspecified atom stereocenters. The summed E-state index contributed by atoms with van der Waals surface area (Å²) in [5.74, 6) is 1.03. The lowest BCUT2D eigenvalue weighted by Crippen LogP contribution is -2.26. The van der Waals surface area contributed by atoms with Gasteiger partial charge in [-0.05, 0) is 61.8 Å². The Morgan fingerprint density at radius 3 is 2.70 bits per heavy atom. The number of nitrogens with one attached hydrogen (secondary N) is 1. The highest BCUT2D eigenvalue weighted by Crippen LogP contribution is 2.32. The summed E-state index contributed by atoms with van der Waals surface area (Å²) < 4.78 is 0. The molecule has 1 aliphatic heterocycles. The summed E-state index contributed by atoms with van der Waals surface area (Å²) in [7, 11) is 0. The minimum atomic E-state index is 0.144. The van der Waals surface area contributed by atoms with Gasteiger partial charge < -0.3 is 10.2 Å². The maximum atomic E-state index is 11.6. The number of hydrogen-bond donors (Lipinski definition) is 1. The molecule has 3 rings (SSSR count). The van der Waals surface area contributed by atoms with Gasteiger partial charge in [-0.25, -0.2) is 0 Å². The van der Waals surface area contributed by atoms with Gasteiger partial charge >= 0.3 is 0 Å². The first-order valence-corrected chi connectivity index (χ1v) is 7.81. The summed E-state index contributed by atoms with van der Waals surface area (Å²) in [5, 5.41) is 3.67. The van der Waals surface area contributed by atoms with Gasteiger partial charge in [-0.1, -0.05) is 6.92 Å². The molecule has 1 aromatic carbocycles. The highest BCUT2D eigenvalue weighted by molar-refractivity contribution is 5.94. The summed E-state index contributed by atoms with van der Waals surface area (Å²) in [6.07, 6.45) is 6.20. The Kier molecular flexibility index (Phi) is 3.68. The number of rotatable bonds is 2. The van der Waals surface area contributed by atoms with Crippen LogP contribution in [-0.2, 0) is 11.2 Å². The lowest BCUT2D eigenvalue weighted by Gasteiger charge is -2.28. The monoisotopic (exact) mass is 272 g/mol. The Hall–Kier alpha value is -1.51. The molecule has 1 heterocycles. The number of amides is 1. The standard InChI is InChI=1S/C17H24N2O/c1-12-3-5-15(6-4-12)18-16-7-8-17-14(11-16)9-10-19(17)13(2)20/h7-8,11-12,15,18H,3-6,9-10H2,1-2H3. The summed E-state index contributed by atoms with van der Waals surface area (Å²) in [6, 6.07) is 7.07. The molecule has 3 nitrogen and oxygen atoms in total. The Labute approximate surface area is 121 Å². The molecule has 0 bridgehead atoms. The van der Waals surface area contributed by atoms with E-state index < -0.39 is 0 Å². The van der Waals surface area contributed by atoms with E-state index in [0.29, 0.717) is 6.04 Å². The lowest BCUT2D eigenvalue weighted by molar-refractivity contribution is -0.116. The largest absolute Gasteiger partial charge is 0.382 e. The molecule has 3 heteroatoms. The molecule has 0 radical (unpaired) electrons. The fourth-order valence-corrected chi connectivity index (χ4v) is 3.46. The second kappa shape index (κ2) is 5.47. The second-order valence-corrected chi connectivity index (χ2v) is 6.37. The van der Waals surface area contributed by atoms with E-state index in [-0.39, 0.29) is 5.91 Å². The first-order valence-electron chi connectivity index (χ1n) is 7.81. The fraction of sp³-hybridized carbons (Fsp3) is 0.588. The highest BCUT2D eigenvalue weighted by atomic mass is 16.2. The predicted molar refractivity (Wildman–Crippen MR) is 83.2 cm³/mol. The van der Waals surface area contributed by atoms with E-state index in [4.69, 9.17) is 0 Å². The van der Waals surface area contributed by atoms with Crippen molar-refractivity contribution in [1.82, 2.24) is 0 Å². The van der Waals surface area contributed by atoms with Gasteiger partial charge in [-0.2, -0.15) is 0 Å². The minimum Gasteiger partial charge on any atom is -0.382 e. The first-order chi connectivity index (χ1) is 9.63. The van der Waals surface area contributed by atoms with Crippen molar-refractivity contribution >= 4 is 17.3 Å². The van der Waals surface area contributed by atoms with Crippen LogP contribution in [0.4, 0.5) is 11.4 Å². The van der Waals surface area contributed by atoms with Gasteiger partial charge in [0.05, 0.1) is 0 Å². The van der Waals surface area contributed by atoms with E-state index in [1.807, 2.05) is 4.90 Å². The average molecular weight is 272 g/mol. The normalized spacial score (nSPS) is 25.4. The Morgan fingerprint density at radius 1 is 1.25 bits per heavy atom. The van der Waals surface area contributed by atoms with E-state index in [9.17, 15) is 4.79 Å². The van der Waals surface area contributed by atoms with E-state index in [2.05, 4.69) is 30.4 Å². The molecule has 0 saturated heterocycles. The summed E-state index contributed by atoms with van der Waals surface area (Å²) in [5.41, 5.74) is 3.61. The van der Waals surface area contributed by atoms with Gasteiger partial charge in [-0.15, -0.1) is 0 Å². The maximum absolute atomic E-state index is 11.6. The van der Waals surface area contributed by atoms with Gasteiger partial charge in [0, 0.05) is 30.9 Å². The molecule has 0 aromatic heterocycles. The first kappa shape index (κ1) is 13.5. The number of benzene rings is 1. The van der Waals surface area contributed by atoms with Crippen LogP contribution in [0.3, 0.4) is 0 Å². The molecule has 1 fully saturated rings. The van der Waals surface area contributed by atoms with Crippen LogP contribution in [0.5, 0.6) is 0 Å². The molecule has 2 aliphatic rings. The van der Waals surface area contributed by atoms with Crippen LogP contribution in [-0.4, -0.2) is 18.5 Å². The van der Waals surface area contributed by atoms with E-state index in [1.54, 1.807) is 6.92 Å². The van der Waals surface area contributed by atoms with Crippen molar-refractivity contribution in [2.45, 2.75) is 52.0 Å². The minimum absolute atomic E-state index is 0.144. The number of nitrogens with zero attached hydrogens (tertiary/aromatic N) is 1. The van der Waals surface area contributed by atoms with Gasteiger partial charge in [0.1, 0.15) is 0 Å². The molecule has 0 spiro atoms. The van der Waals surface area contributed by atoms with Crippen molar-refractivity contribution < 1.29 is 4.79 Å². The Balaban J connectivity index is 1.69. The molecule has 1 amide bonds. The van der Waals surface area contributed by atoms with Gasteiger partial charge in [-0.3, -0.25) is 4.79 Å². The summed E-state index contributed by atoms with van der Waals surface area (Å²) in [6.45, 7) is 4.82. The molecule has 1 saturated carbocycles. The zero-order valence-corrected chi connectivity index (χ0v) is 12.5. The third-order valence-electron chi connectivity index (χ3n) is 4.74. The molecule has 108 valence electrons. The van der Waals surface area contributed by atoms with Crippen molar-refractivity contribution in [2.75, 3.05) is 16.8 Å². The third kappa shape index (κ3) is 2.67. The maximum Gasteiger partial charge on any atom is 0.223 e. The van der Waals surface area contributed by atoms with Gasteiger partial charge in [0.15, 0.2) is 0 Å². The van der Waals surface area contributed by atoms with Crippen LogP contribution in [0.2, 0.25) is 0 Å². The molecular weight excluding hydrogens is 248 g/mol. The summed E-state index contributed by atoms with van der Waals surface area (Å²) >= 11 is 0. The number of carbonyl (C=O) groups excluding carboxylic acids is 1. The summed E-state index contributed by atoms with van der Waals surface area (Å²) in [4.78, 5) is 13.4. The van der Waals surface area contributed by atoms with E-state index in [1.165, 1.54) is 36.9 Å². The van der Waals surface area contributed by atoms with Crippen molar-refractivity contribution in [3.8, 4) is 0 Å². The van der Waals surface area contributed by atoms with Crippen molar-refractivity contribution in [3.63, 3.8) is 0 Å². The van der Waals surface area contributed by atoms with E-state index >= 15 is 0 Å². The van der Waals surface area contributed by atoms with E-state index in [0.717, 1.165) is 24.6 Å². The van der Waals surface area contributed by atoms with Crippen LogP contribution in [0.1, 0.15) is 45.1 Å². The predicted octanol–water partition coefficient (Wildman–Crippen LogP) is 3.59. The zero-order valence-electron chi connectivity index (χ0n) is 12.5. The Morgan fingerprint density at radius 2 is 2.00 bits per heavy atom. The molecule has 1 aliphatic carbocycles. The van der Waals surface area contributed by atoms with Gasteiger partial charge in [0.2, 0.25) is 5.91 Å².